The van der Waals surface area contributed by atoms with Crippen molar-refractivity contribution in [3.8, 4) is 0 Å². The number of rotatable bonds is 4. The molecule has 3 heterocycles. The first-order valence-corrected chi connectivity index (χ1v) is 9.27. The van der Waals surface area contributed by atoms with Crippen molar-refractivity contribution in [3.05, 3.63) is 22.4 Å². The molecule has 24 heavy (non-hydrogen) atoms. The van der Waals surface area contributed by atoms with Gasteiger partial charge in [0.15, 0.2) is 0 Å². The Labute approximate surface area is 145 Å². The molecular weight excluding hydrogens is 328 g/mol. The minimum Gasteiger partial charge on any atom is -0.481 e. The minimum atomic E-state index is -0.843. The molecule has 1 aromatic rings. The van der Waals surface area contributed by atoms with Crippen LogP contribution in [0.15, 0.2) is 17.5 Å². The van der Waals surface area contributed by atoms with E-state index < -0.39 is 17.9 Å². The molecule has 2 fully saturated rings. The quantitative estimate of drug-likeness (QED) is 0.895. The molecule has 2 aliphatic rings. The minimum absolute atomic E-state index is 0.0138. The van der Waals surface area contributed by atoms with Crippen LogP contribution < -0.4 is 0 Å². The first-order chi connectivity index (χ1) is 11.6. The summed E-state index contributed by atoms with van der Waals surface area (Å²) in [6, 6.07) is 3.42. The van der Waals surface area contributed by atoms with Crippen molar-refractivity contribution in [2.24, 2.45) is 5.92 Å². The van der Waals surface area contributed by atoms with Crippen LogP contribution in [0.25, 0.3) is 0 Å². The Morgan fingerprint density at radius 3 is 2.71 bits per heavy atom. The molecule has 2 atom stereocenters. The number of aliphatic carboxylic acids is 1. The van der Waals surface area contributed by atoms with Crippen molar-refractivity contribution in [1.82, 2.24) is 9.80 Å². The Balaban J connectivity index is 1.64. The predicted octanol–water partition coefficient (Wildman–Crippen LogP) is 1.60. The Morgan fingerprint density at radius 2 is 2.00 bits per heavy atom. The fourth-order valence-corrected chi connectivity index (χ4v) is 4.27. The second-order valence-electron chi connectivity index (χ2n) is 6.46. The Hall–Kier alpha value is -1.89. The van der Waals surface area contributed by atoms with Crippen LogP contribution in [0.2, 0.25) is 0 Å². The highest BCUT2D eigenvalue weighted by Crippen LogP contribution is 2.24. The number of carboxylic acids is 1. The van der Waals surface area contributed by atoms with Gasteiger partial charge in [-0.2, -0.15) is 0 Å². The number of hydrogen-bond acceptors (Lipinski definition) is 4. The van der Waals surface area contributed by atoms with E-state index in [0.29, 0.717) is 38.8 Å². The maximum absolute atomic E-state index is 12.8. The van der Waals surface area contributed by atoms with Crippen LogP contribution in [0, 0.1) is 5.92 Å². The first kappa shape index (κ1) is 17.0. The zero-order chi connectivity index (χ0) is 17.1. The maximum atomic E-state index is 12.8. The van der Waals surface area contributed by atoms with Gasteiger partial charge in [0.05, 0.1) is 12.3 Å². The Kier molecular flexibility index (Phi) is 5.18. The van der Waals surface area contributed by atoms with E-state index in [0.717, 1.165) is 11.3 Å². The van der Waals surface area contributed by atoms with Gasteiger partial charge in [-0.3, -0.25) is 14.4 Å². The van der Waals surface area contributed by atoms with Crippen LogP contribution in [0.4, 0.5) is 0 Å². The van der Waals surface area contributed by atoms with Crippen molar-refractivity contribution in [2.45, 2.75) is 38.1 Å². The van der Waals surface area contributed by atoms with Crippen LogP contribution in [-0.2, 0) is 20.8 Å². The molecule has 0 aliphatic carbocycles. The lowest BCUT2D eigenvalue weighted by Gasteiger charge is -2.34. The maximum Gasteiger partial charge on any atom is 0.308 e. The third kappa shape index (κ3) is 3.61. The van der Waals surface area contributed by atoms with E-state index in [1.807, 2.05) is 17.5 Å². The highest BCUT2D eigenvalue weighted by molar-refractivity contribution is 7.10. The first-order valence-electron chi connectivity index (χ1n) is 8.39. The summed E-state index contributed by atoms with van der Waals surface area (Å²) in [7, 11) is 0. The van der Waals surface area contributed by atoms with Crippen molar-refractivity contribution in [3.63, 3.8) is 0 Å². The van der Waals surface area contributed by atoms with Gasteiger partial charge in [-0.05, 0) is 37.1 Å². The number of carbonyl (C=O) groups excluding carboxylic acids is 2. The van der Waals surface area contributed by atoms with Crippen LogP contribution in [0.3, 0.4) is 0 Å². The Bertz CT molecular complexity index is 616. The van der Waals surface area contributed by atoms with Crippen molar-refractivity contribution in [2.75, 3.05) is 19.6 Å². The normalized spacial score (nSPS) is 24.2. The van der Waals surface area contributed by atoms with E-state index in [1.165, 1.54) is 0 Å². The summed E-state index contributed by atoms with van der Waals surface area (Å²) < 4.78 is 0. The van der Waals surface area contributed by atoms with Gasteiger partial charge in [-0.15, -0.1) is 11.3 Å². The molecular formula is C17H22N2O4S. The number of hydrogen-bond donors (Lipinski definition) is 1. The van der Waals surface area contributed by atoms with Crippen molar-refractivity contribution < 1.29 is 19.5 Å². The summed E-state index contributed by atoms with van der Waals surface area (Å²) >= 11 is 1.54. The van der Waals surface area contributed by atoms with Gasteiger partial charge >= 0.3 is 5.97 Å². The largest absolute Gasteiger partial charge is 0.481 e. The fraction of sp³-hybridized carbons (Fsp3) is 0.588. The molecule has 0 bridgehead atoms. The van der Waals surface area contributed by atoms with Gasteiger partial charge in [0.2, 0.25) is 11.8 Å². The highest BCUT2D eigenvalue weighted by Gasteiger charge is 2.38. The van der Waals surface area contributed by atoms with E-state index in [9.17, 15) is 19.5 Å². The third-order valence-electron chi connectivity index (χ3n) is 4.85. The SMILES string of the molecule is O=C(O)[C@H]1CCCN(C(=O)[C@@H]2CCCN2C(=O)Cc2cccs2)C1. The molecule has 0 unspecified atom stereocenters. The van der Waals surface area contributed by atoms with Gasteiger partial charge in [-0.1, -0.05) is 6.07 Å². The van der Waals surface area contributed by atoms with E-state index in [1.54, 1.807) is 21.1 Å². The standard InChI is InChI=1S/C17H22N2O4S/c20-15(10-13-5-3-9-24-13)19-8-2-6-14(19)16(21)18-7-1-4-12(11-18)17(22)23/h3,5,9,12,14H,1-2,4,6-8,10-11H2,(H,22,23)/t12-,14-/m0/s1. The molecule has 3 rings (SSSR count). The molecule has 0 aromatic carbocycles. The molecule has 2 aliphatic heterocycles. The molecule has 0 spiro atoms. The third-order valence-corrected chi connectivity index (χ3v) is 5.72. The summed E-state index contributed by atoms with van der Waals surface area (Å²) in [5, 5.41) is 11.1. The number of carboxylic acid groups (broad SMARTS) is 1. The number of nitrogens with zero attached hydrogens (tertiary/aromatic N) is 2. The summed E-state index contributed by atoms with van der Waals surface area (Å²) in [6.07, 6.45) is 3.15. The van der Waals surface area contributed by atoms with Crippen LogP contribution >= 0.6 is 11.3 Å². The van der Waals surface area contributed by atoms with Gasteiger partial charge < -0.3 is 14.9 Å². The van der Waals surface area contributed by atoms with E-state index in [4.69, 9.17) is 0 Å². The fourth-order valence-electron chi connectivity index (χ4n) is 3.58. The number of piperidine rings is 1. The van der Waals surface area contributed by atoms with Crippen LogP contribution in [-0.4, -0.2) is 58.4 Å². The second kappa shape index (κ2) is 7.34. The lowest BCUT2D eigenvalue weighted by Crippen LogP contribution is -2.51. The van der Waals surface area contributed by atoms with E-state index in [2.05, 4.69) is 0 Å². The smallest absolute Gasteiger partial charge is 0.308 e. The van der Waals surface area contributed by atoms with Crippen molar-refractivity contribution >= 4 is 29.1 Å². The molecule has 1 aromatic heterocycles. The molecule has 0 saturated carbocycles. The molecule has 0 radical (unpaired) electrons. The average Bonchev–Trinajstić information content (AvgIpc) is 3.25. The second-order valence-corrected chi connectivity index (χ2v) is 7.50. The summed E-state index contributed by atoms with van der Waals surface area (Å²) in [5.74, 6) is -1.43. The molecule has 7 heteroatoms. The number of amides is 2. The summed E-state index contributed by atoms with van der Waals surface area (Å²) in [4.78, 5) is 40.9. The highest BCUT2D eigenvalue weighted by atomic mass is 32.1. The van der Waals surface area contributed by atoms with Gasteiger partial charge in [0.1, 0.15) is 6.04 Å². The van der Waals surface area contributed by atoms with Crippen LogP contribution in [0.1, 0.15) is 30.6 Å². The van der Waals surface area contributed by atoms with E-state index >= 15 is 0 Å². The summed E-state index contributed by atoms with van der Waals surface area (Å²) in [5.41, 5.74) is 0. The lowest BCUT2D eigenvalue weighted by molar-refractivity contribution is -0.149. The monoisotopic (exact) mass is 350 g/mol. The van der Waals surface area contributed by atoms with Gasteiger partial charge in [-0.25, -0.2) is 0 Å². The van der Waals surface area contributed by atoms with Gasteiger partial charge in [0.25, 0.3) is 0 Å². The molecule has 1 N–H and O–H groups in total. The number of likely N-dealkylation sites (tertiary alicyclic amines) is 2. The zero-order valence-corrected chi connectivity index (χ0v) is 14.3. The van der Waals surface area contributed by atoms with E-state index in [-0.39, 0.29) is 18.4 Å². The van der Waals surface area contributed by atoms with Crippen LogP contribution in [0.5, 0.6) is 0 Å². The van der Waals surface area contributed by atoms with Gasteiger partial charge in [0, 0.05) is 24.5 Å². The molecule has 2 amide bonds. The summed E-state index contributed by atoms with van der Waals surface area (Å²) in [6.45, 7) is 1.46. The van der Waals surface area contributed by atoms with Crippen molar-refractivity contribution in [1.29, 1.82) is 0 Å². The lowest BCUT2D eigenvalue weighted by atomic mass is 9.97. The molecule has 6 nitrogen and oxygen atoms in total. The molecule has 2 saturated heterocycles. The number of carbonyl (C=O) groups is 3. The number of thiophene rings is 1. The zero-order valence-electron chi connectivity index (χ0n) is 13.5. The predicted molar refractivity (Wildman–Crippen MR) is 89.7 cm³/mol. The molecule has 130 valence electrons. The topological polar surface area (TPSA) is 77.9 Å². The Morgan fingerprint density at radius 1 is 1.21 bits per heavy atom. The average molecular weight is 350 g/mol.